The summed E-state index contributed by atoms with van der Waals surface area (Å²) in [5.41, 5.74) is 0.617. The first-order chi connectivity index (χ1) is 5.07. The van der Waals surface area contributed by atoms with Gasteiger partial charge in [-0.25, -0.2) is 4.28 Å². The van der Waals surface area contributed by atoms with E-state index in [1.807, 2.05) is 0 Å². The average molecular weight is 176 g/mol. The maximum absolute atomic E-state index is 10.7. The Hall–Kier alpha value is -1.24. The number of fused-ring (bicyclic) bond motifs is 2. The van der Waals surface area contributed by atoms with Crippen molar-refractivity contribution in [1.29, 1.82) is 0 Å². The van der Waals surface area contributed by atoms with Crippen molar-refractivity contribution in [3.63, 3.8) is 0 Å². The van der Waals surface area contributed by atoms with E-state index in [1.54, 1.807) is 6.92 Å². The van der Waals surface area contributed by atoms with Crippen LogP contribution in [0.4, 0.5) is 0 Å². The third-order valence-corrected chi connectivity index (χ3v) is 1.88. The zero-order valence-electron chi connectivity index (χ0n) is 5.51. The van der Waals surface area contributed by atoms with Crippen molar-refractivity contribution in [3.05, 3.63) is 11.8 Å². The lowest BCUT2D eigenvalue weighted by Gasteiger charge is -2.07. The lowest BCUT2D eigenvalue weighted by molar-refractivity contribution is 0.186. The van der Waals surface area contributed by atoms with E-state index in [1.165, 1.54) is 6.20 Å². The Morgan fingerprint density at radius 1 is 1.64 bits per heavy atom. The minimum atomic E-state index is -3.91. The van der Waals surface area contributed by atoms with Crippen LogP contribution in [0.5, 0.6) is 5.88 Å². The van der Waals surface area contributed by atoms with Crippen molar-refractivity contribution < 1.29 is 16.9 Å². The molecule has 0 saturated heterocycles. The van der Waals surface area contributed by atoms with Gasteiger partial charge in [-0.3, -0.25) is 0 Å². The summed E-state index contributed by atoms with van der Waals surface area (Å²) >= 11 is 0. The number of aryl methyl sites for hydroxylation is 1. The molecule has 60 valence electrons. The molecule has 0 radical (unpaired) electrons. The molecule has 2 heterocycles. The van der Waals surface area contributed by atoms with Gasteiger partial charge in [0.1, 0.15) is 0 Å². The fraction of sp³-hybridized carbons (Fsp3) is 0.250. The Kier molecular flexibility index (Phi) is 0.984. The molecule has 0 saturated carbocycles. The molecule has 1 aliphatic heterocycles. The van der Waals surface area contributed by atoms with Gasteiger partial charge >= 0.3 is 10.4 Å². The second-order valence-corrected chi connectivity index (χ2v) is 3.22. The van der Waals surface area contributed by atoms with Crippen LogP contribution in [0.15, 0.2) is 6.20 Å². The molecule has 1 aliphatic rings. The fourth-order valence-electron chi connectivity index (χ4n) is 0.744. The third-order valence-electron chi connectivity index (χ3n) is 1.18. The topological polar surface area (TPSA) is 70.4 Å². The van der Waals surface area contributed by atoms with E-state index in [-0.39, 0.29) is 5.88 Å². The van der Waals surface area contributed by atoms with Gasteiger partial charge in [0.05, 0.1) is 6.20 Å². The number of rotatable bonds is 0. The molecule has 0 aromatic carbocycles. The van der Waals surface area contributed by atoms with Gasteiger partial charge in [-0.15, -0.1) is 8.42 Å². The fourth-order valence-corrected chi connectivity index (χ4v) is 1.40. The van der Waals surface area contributed by atoms with Crippen LogP contribution in [0.3, 0.4) is 0 Å². The molecule has 1 aromatic heterocycles. The van der Waals surface area contributed by atoms with Crippen LogP contribution < -0.4 is 8.47 Å². The van der Waals surface area contributed by atoms with E-state index in [0.29, 0.717) is 5.56 Å². The largest absolute Gasteiger partial charge is 0.523 e. The van der Waals surface area contributed by atoms with Crippen molar-refractivity contribution in [2.24, 2.45) is 0 Å². The maximum Gasteiger partial charge on any atom is 0.523 e. The summed E-state index contributed by atoms with van der Waals surface area (Å²) < 4.78 is 29.9. The zero-order chi connectivity index (χ0) is 8.06. The molecule has 2 bridgehead atoms. The number of aromatic nitrogens is 2. The summed E-state index contributed by atoms with van der Waals surface area (Å²) in [5.74, 6) is 0.0660. The van der Waals surface area contributed by atoms with E-state index in [9.17, 15) is 8.42 Å². The maximum atomic E-state index is 10.7. The monoisotopic (exact) mass is 176 g/mol. The number of hydrogen-bond donors (Lipinski definition) is 0. The summed E-state index contributed by atoms with van der Waals surface area (Å²) in [6, 6.07) is 0. The molecule has 0 N–H and O–H groups in total. The Morgan fingerprint density at radius 2 is 2.36 bits per heavy atom. The van der Waals surface area contributed by atoms with Gasteiger partial charge < -0.3 is 4.18 Å². The van der Waals surface area contributed by atoms with Crippen LogP contribution in [-0.4, -0.2) is 18.4 Å². The van der Waals surface area contributed by atoms with Crippen molar-refractivity contribution >= 4 is 10.4 Å². The first kappa shape index (κ1) is 6.47. The normalized spacial score (nSPS) is 18.6. The second kappa shape index (κ2) is 1.67. The molecular weight excluding hydrogens is 172 g/mol. The van der Waals surface area contributed by atoms with Crippen molar-refractivity contribution in [2.75, 3.05) is 0 Å². The molecule has 0 unspecified atom stereocenters. The van der Waals surface area contributed by atoms with Gasteiger partial charge in [-0.1, -0.05) is 9.94 Å². The molecule has 0 aliphatic carbocycles. The van der Waals surface area contributed by atoms with E-state index >= 15 is 0 Å². The molecule has 1 aromatic rings. The SMILES string of the molecule is Cc1cn2nc1OS(=O)(=O)O2. The first-order valence-electron chi connectivity index (χ1n) is 2.77. The number of hydrogen-bond acceptors (Lipinski definition) is 5. The smallest absolute Gasteiger partial charge is 0.329 e. The van der Waals surface area contributed by atoms with Crippen LogP contribution in [0.25, 0.3) is 0 Å². The Labute approximate surface area is 62.6 Å². The highest BCUT2D eigenvalue weighted by Crippen LogP contribution is 2.19. The summed E-state index contributed by atoms with van der Waals surface area (Å²) in [6.45, 7) is 1.67. The predicted molar refractivity (Wildman–Crippen MR) is 33.1 cm³/mol. The molecule has 2 rings (SSSR count). The highest BCUT2D eigenvalue weighted by molar-refractivity contribution is 7.82. The Morgan fingerprint density at radius 3 is 3.00 bits per heavy atom. The molecule has 0 fully saturated rings. The zero-order valence-corrected chi connectivity index (χ0v) is 6.33. The lowest BCUT2D eigenvalue weighted by atomic mass is 10.4. The molecule has 0 spiro atoms. The minimum Gasteiger partial charge on any atom is -0.329 e. The van der Waals surface area contributed by atoms with E-state index < -0.39 is 10.4 Å². The molecule has 0 atom stereocenters. The molecule has 6 nitrogen and oxygen atoms in total. The van der Waals surface area contributed by atoms with Crippen molar-refractivity contribution in [1.82, 2.24) is 9.94 Å². The first-order valence-corrected chi connectivity index (χ1v) is 4.11. The second-order valence-electron chi connectivity index (χ2n) is 2.09. The third kappa shape index (κ3) is 0.929. The lowest BCUT2D eigenvalue weighted by Crippen LogP contribution is -2.28. The highest BCUT2D eigenvalue weighted by atomic mass is 32.3. The van der Waals surface area contributed by atoms with Crippen LogP contribution in [0.2, 0.25) is 0 Å². The van der Waals surface area contributed by atoms with Crippen LogP contribution in [-0.2, 0) is 10.4 Å². The minimum absolute atomic E-state index is 0.0660. The molecule has 11 heavy (non-hydrogen) atoms. The van der Waals surface area contributed by atoms with Crippen molar-refractivity contribution in [2.45, 2.75) is 6.92 Å². The summed E-state index contributed by atoms with van der Waals surface area (Å²) in [7, 11) is -3.91. The van der Waals surface area contributed by atoms with E-state index in [4.69, 9.17) is 0 Å². The molecular formula is C4H4N2O4S. The average Bonchev–Trinajstić information content (AvgIpc) is 2.05. The van der Waals surface area contributed by atoms with Crippen LogP contribution in [0.1, 0.15) is 5.56 Å². The van der Waals surface area contributed by atoms with Gasteiger partial charge in [-0.2, -0.15) is 0 Å². The Balaban J connectivity index is 2.61. The van der Waals surface area contributed by atoms with Gasteiger partial charge in [-0.05, 0) is 6.92 Å². The quantitative estimate of drug-likeness (QED) is 0.520. The van der Waals surface area contributed by atoms with Crippen LogP contribution >= 0.6 is 0 Å². The van der Waals surface area contributed by atoms with Gasteiger partial charge in [0.25, 0.3) is 5.88 Å². The van der Waals surface area contributed by atoms with Gasteiger partial charge in [0.15, 0.2) is 0 Å². The summed E-state index contributed by atoms with van der Waals surface area (Å²) in [6.07, 6.45) is 1.42. The van der Waals surface area contributed by atoms with Crippen LogP contribution in [0, 0.1) is 6.92 Å². The Bertz CT molecular complexity index is 388. The summed E-state index contributed by atoms with van der Waals surface area (Å²) in [5, 5.41) is 3.60. The number of nitrogens with zero attached hydrogens (tertiary/aromatic N) is 2. The molecule has 0 amide bonds. The molecule has 7 heteroatoms. The predicted octanol–water partition coefficient (Wildman–Crippen LogP) is -0.743. The highest BCUT2D eigenvalue weighted by Gasteiger charge is 2.26. The summed E-state index contributed by atoms with van der Waals surface area (Å²) in [4.78, 5) is 0.851. The van der Waals surface area contributed by atoms with Gasteiger partial charge in [0.2, 0.25) is 0 Å². The van der Waals surface area contributed by atoms with E-state index in [2.05, 4.69) is 13.6 Å². The van der Waals surface area contributed by atoms with Gasteiger partial charge in [0, 0.05) is 5.56 Å². The standard InChI is InChI=1S/C4H4N2O4S/c1-3-2-6-5-4(3)9-11(7,8)10-6/h2H,1H3. The van der Waals surface area contributed by atoms with E-state index in [0.717, 1.165) is 4.85 Å². The van der Waals surface area contributed by atoms with Crippen molar-refractivity contribution in [3.8, 4) is 5.88 Å².